The Morgan fingerprint density at radius 2 is 1.96 bits per heavy atom. The van der Waals surface area contributed by atoms with Crippen LogP contribution in [0.4, 0.5) is 5.69 Å². The van der Waals surface area contributed by atoms with Gasteiger partial charge in [0.15, 0.2) is 0 Å². The maximum atomic E-state index is 9.47. The van der Waals surface area contributed by atoms with Gasteiger partial charge in [0, 0.05) is 22.8 Å². The topological polar surface area (TPSA) is 61.2 Å². The molecule has 142 valence electrons. The number of nitrogens with one attached hydrogen (secondary N) is 1. The molecule has 27 heavy (non-hydrogen) atoms. The molecule has 2 aromatic rings. The van der Waals surface area contributed by atoms with Gasteiger partial charge in [-0.05, 0) is 76.4 Å². The summed E-state index contributed by atoms with van der Waals surface area (Å²) in [6.45, 7) is 2.26. The van der Waals surface area contributed by atoms with Crippen LogP contribution < -0.4 is 10.1 Å². The van der Waals surface area contributed by atoms with E-state index >= 15 is 0 Å². The zero-order valence-electron chi connectivity index (χ0n) is 16.3. The van der Waals surface area contributed by atoms with Crippen LogP contribution in [0.1, 0.15) is 48.9 Å². The van der Waals surface area contributed by atoms with Crippen LogP contribution in [0, 0.1) is 11.3 Å². The maximum absolute atomic E-state index is 9.47. The summed E-state index contributed by atoms with van der Waals surface area (Å²) in [7, 11) is 3.82. The molecule has 0 bridgehead atoms. The van der Waals surface area contributed by atoms with Gasteiger partial charge in [-0.2, -0.15) is 5.26 Å². The number of fused-ring (bicyclic) bond motifs is 2. The molecule has 2 aliphatic rings. The summed E-state index contributed by atoms with van der Waals surface area (Å²) in [5.41, 5.74) is 5.28. The number of nitrogens with zero attached hydrogens (tertiary/aromatic N) is 3. The number of hydrogen-bond acceptors (Lipinski definition) is 5. The first-order valence-corrected chi connectivity index (χ1v) is 10.1. The SMILES string of the molecule is COc1cc2c(NC3CCN(C)CC3)c3c(nc2cc1C#N)CCCCC3. The van der Waals surface area contributed by atoms with E-state index in [0.717, 1.165) is 49.7 Å². The number of aryl methyl sites for hydroxylation is 1. The van der Waals surface area contributed by atoms with Crippen molar-refractivity contribution in [3.63, 3.8) is 0 Å². The predicted molar refractivity (Wildman–Crippen MR) is 108 cm³/mol. The number of benzene rings is 1. The van der Waals surface area contributed by atoms with Gasteiger partial charge in [0.1, 0.15) is 11.8 Å². The van der Waals surface area contributed by atoms with E-state index in [0.29, 0.717) is 17.4 Å². The fourth-order valence-corrected chi connectivity index (χ4v) is 4.41. The molecule has 1 aromatic carbocycles. The van der Waals surface area contributed by atoms with Crippen LogP contribution >= 0.6 is 0 Å². The van der Waals surface area contributed by atoms with Crippen LogP contribution in [0.2, 0.25) is 0 Å². The largest absolute Gasteiger partial charge is 0.495 e. The van der Waals surface area contributed by atoms with Crippen molar-refractivity contribution in [1.29, 1.82) is 5.26 Å². The molecule has 1 aliphatic heterocycles. The first-order valence-electron chi connectivity index (χ1n) is 10.1. The van der Waals surface area contributed by atoms with E-state index in [1.165, 1.54) is 36.2 Å². The normalized spacial score (nSPS) is 18.6. The Morgan fingerprint density at radius 3 is 2.70 bits per heavy atom. The lowest BCUT2D eigenvalue weighted by molar-refractivity contribution is 0.264. The van der Waals surface area contributed by atoms with Gasteiger partial charge in [0.25, 0.3) is 0 Å². The van der Waals surface area contributed by atoms with Crippen LogP contribution in [-0.2, 0) is 12.8 Å². The van der Waals surface area contributed by atoms with Crippen LogP contribution in [-0.4, -0.2) is 43.2 Å². The molecular formula is C22H28N4O. The highest BCUT2D eigenvalue weighted by atomic mass is 16.5. The Hall–Kier alpha value is -2.32. The van der Waals surface area contributed by atoms with Crippen molar-refractivity contribution in [2.45, 2.75) is 51.0 Å². The van der Waals surface area contributed by atoms with E-state index in [4.69, 9.17) is 9.72 Å². The number of likely N-dealkylation sites (tertiary alicyclic amines) is 1. The molecule has 4 rings (SSSR count). The highest BCUT2D eigenvalue weighted by molar-refractivity contribution is 5.95. The fourth-order valence-electron chi connectivity index (χ4n) is 4.41. The monoisotopic (exact) mass is 364 g/mol. The average Bonchev–Trinajstić information content (AvgIpc) is 2.93. The maximum Gasteiger partial charge on any atom is 0.137 e. The van der Waals surface area contributed by atoms with Crippen molar-refractivity contribution in [3.8, 4) is 11.8 Å². The molecule has 0 spiro atoms. The number of rotatable bonds is 3. The van der Waals surface area contributed by atoms with Crippen LogP contribution in [0.5, 0.6) is 5.75 Å². The highest BCUT2D eigenvalue weighted by Crippen LogP contribution is 2.37. The summed E-state index contributed by atoms with van der Waals surface area (Å²) in [6, 6.07) is 6.62. The van der Waals surface area contributed by atoms with E-state index in [9.17, 15) is 5.26 Å². The summed E-state index contributed by atoms with van der Waals surface area (Å²) in [4.78, 5) is 7.37. The van der Waals surface area contributed by atoms with Gasteiger partial charge in [0.2, 0.25) is 0 Å². The molecule has 1 N–H and O–H groups in total. The molecule has 1 aromatic heterocycles. The number of piperidine rings is 1. The second-order valence-corrected chi connectivity index (χ2v) is 7.88. The smallest absolute Gasteiger partial charge is 0.137 e. The molecular weight excluding hydrogens is 336 g/mol. The quantitative estimate of drug-likeness (QED) is 0.837. The minimum absolute atomic E-state index is 0.487. The number of aromatic nitrogens is 1. The first kappa shape index (κ1) is 18.1. The highest BCUT2D eigenvalue weighted by Gasteiger charge is 2.23. The third-order valence-corrected chi connectivity index (χ3v) is 6.02. The van der Waals surface area contributed by atoms with Gasteiger partial charge in [-0.3, -0.25) is 4.98 Å². The Labute approximate surface area is 161 Å². The second-order valence-electron chi connectivity index (χ2n) is 7.88. The summed E-state index contributed by atoms with van der Waals surface area (Å²) in [5, 5.41) is 14.4. The van der Waals surface area contributed by atoms with Crippen molar-refractivity contribution in [2.75, 3.05) is 32.6 Å². The Balaban J connectivity index is 1.84. The molecule has 5 nitrogen and oxygen atoms in total. The number of ether oxygens (including phenoxy) is 1. The Bertz CT molecular complexity index is 878. The summed E-state index contributed by atoms with van der Waals surface area (Å²) < 4.78 is 5.49. The summed E-state index contributed by atoms with van der Waals surface area (Å²) >= 11 is 0. The van der Waals surface area contributed by atoms with E-state index in [-0.39, 0.29) is 0 Å². The molecule has 5 heteroatoms. The van der Waals surface area contributed by atoms with Crippen LogP contribution in [0.15, 0.2) is 12.1 Å². The van der Waals surface area contributed by atoms with E-state index in [1.54, 1.807) is 7.11 Å². The van der Waals surface area contributed by atoms with Gasteiger partial charge < -0.3 is 15.0 Å². The van der Waals surface area contributed by atoms with Crippen molar-refractivity contribution in [1.82, 2.24) is 9.88 Å². The van der Waals surface area contributed by atoms with Crippen molar-refractivity contribution < 1.29 is 4.74 Å². The van der Waals surface area contributed by atoms with E-state index < -0.39 is 0 Å². The third kappa shape index (κ3) is 3.59. The zero-order valence-corrected chi connectivity index (χ0v) is 16.3. The predicted octanol–water partition coefficient (Wildman–Crippen LogP) is 3.89. The molecule has 0 radical (unpaired) electrons. The molecule has 0 saturated carbocycles. The zero-order chi connectivity index (χ0) is 18.8. The number of hydrogen-bond donors (Lipinski definition) is 1. The lowest BCUT2D eigenvalue weighted by atomic mass is 9.98. The van der Waals surface area contributed by atoms with E-state index in [1.807, 2.05) is 12.1 Å². The lowest BCUT2D eigenvalue weighted by Gasteiger charge is -2.31. The van der Waals surface area contributed by atoms with Gasteiger partial charge in [0.05, 0.1) is 18.2 Å². The molecule has 0 atom stereocenters. The molecule has 0 unspecified atom stereocenters. The third-order valence-electron chi connectivity index (χ3n) is 6.02. The Kier molecular flexibility index (Phi) is 5.18. The standard InChI is InChI=1S/C22H28N4O/c1-26-10-8-16(9-11-26)24-22-17-6-4-3-5-7-19(17)25-20-12-15(14-23)21(27-2)13-18(20)22/h12-13,16H,3-11H2,1-2H3,(H,24,25). The Morgan fingerprint density at radius 1 is 1.19 bits per heavy atom. The molecule has 1 fully saturated rings. The fraction of sp³-hybridized carbons (Fsp3) is 0.545. The van der Waals surface area contributed by atoms with E-state index in [2.05, 4.69) is 23.3 Å². The lowest BCUT2D eigenvalue weighted by Crippen LogP contribution is -2.37. The molecule has 2 heterocycles. The van der Waals surface area contributed by atoms with Gasteiger partial charge in [-0.1, -0.05) is 6.42 Å². The van der Waals surface area contributed by atoms with Gasteiger partial charge in [-0.25, -0.2) is 0 Å². The van der Waals surface area contributed by atoms with Crippen LogP contribution in [0.25, 0.3) is 10.9 Å². The number of methoxy groups -OCH3 is 1. The summed E-state index contributed by atoms with van der Waals surface area (Å²) in [6.07, 6.45) is 8.09. The number of pyridine rings is 1. The van der Waals surface area contributed by atoms with Crippen LogP contribution in [0.3, 0.4) is 0 Å². The molecule has 1 saturated heterocycles. The molecule has 0 amide bonds. The number of anilines is 1. The summed E-state index contributed by atoms with van der Waals surface area (Å²) in [5.74, 6) is 0.631. The van der Waals surface area contributed by atoms with Gasteiger partial charge in [-0.15, -0.1) is 0 Å². The molecule has 1 aliphatic carbocycles. The van der Waals surface area contributed by atoms with Crippen molar-refractivity contribution in [3.05, 3.63) is 29.0 Å². The second kappa shape index (κ2) is 7.74. The number of nitriles is 1. The van der Waals surface area contributed by atoms with Gasteiger partial charge >= 0.3 is 0 Å². The first-order chi connectivity index (χ1) is 13.2. The van der Waals surface area contributed by atoms with Crippen molar-refractivity contribution >= 4 is 16.6 Å². The van der Waals surface area contributed by atoms with Crippen molar-refractivity contribution in [2.24, 2.45) is 0 Å². The average molecular weight is 364 g/mol. The minimum Gasteiger partial charge on any atom is -0.495 e. The minimum atomic E-state index is 0.487.